The van der Waals surface area contributed by atoms with Crippen molar-refractivity contribution >= 4 is 5.96 Å². The zero-order chi connectivity index (χ0) is 11.8. The van der Waals surface area contributed by atoms with Crippen molar-refractivity contribution in [3.05, 3.63) is 0 Å². The molecule has 94 valence electrons. The van der Waals surface area contributed by atoms with Gasteiger partial charge in [-0.3, -0.25) is 4.99 Å². The molecule has 16 heavy (non-hydrogen) atoms. The summed E-state index contributed by atoms with van der Waals surface area (Å²) in [5, 5.41) is 6.71. The van der Waals surface area contributed by atoms with Gasteiger partial charge in [-0.1, -0.05) is 13.8 Å². The summed E-state index contributed by atoms with van der Waals surface area (Å²) in [4.78, 5) is 6.98. The molecule has 2 N–H and O–H groups in total. The van der Waals surface area contributed by atoms with E-state index in [9.17, 15) is 0 Å². The van der Waals surface area contributed by atoms with E-state index < -0.39 is 0 Å². The highest BCUT2D eigenvalue weighted by Gasteiger charge is 2.21. The van der Waals surface area contributed by atoms with Crippen LogP contribution < -0.4 is 10.6 Å². The van der Waals surface area contributed by atoms with Crippen LogP contribution in [0.2, 0.25) is 0 Å². The monoisotopic (exact) mass is 226 g/mol. The molecule has 1 rings (SSSR count). The first kappa shape index (κ1) is 13.3. The van der Waals surface area contributed by atoms with E-state index in [4.69, 9.17) is 0 Å². The second kappa shape index (κ2) is 7.49. The van der Waals surface area contributed by atoms with Crippen LogP contribution in [-0.4, -0.2) is 49.6 Å². The van der Waals surface area contributed by atoms with E-state index in [0.717, 1.165) is 38.7 Å². The third kappa shape index (κ3) is 5.35. The van der Waals surface area contributed by atoms with Gasteiger partial charge in [-0.05, 0) is 32.9 Å². The van der Waals surface area contributed by atoms with E-state index in [1.165, 1.54) is 12.8 Å². The molecule has 0 aromatic rings. The number of rotatable bonds is 7. The van der Waals surface area contributed by atoms with Crippen molar-refractivity contribution in [1.82, 2.24) is 15.5 Å². The molecule has 1 aliphatic carbocycles. The molecule has 0 bridgehead atoms. The first-order valence-corrected chi connectivity index (χ1v) is 6.57. The van der Waals surface area contributed by atoms with Crippen LogP contribution in [0.5, 0.6) is 0 Å². The Morgan fingerprint density at radius 1 is 1.25 bits per heavy atom. The maximum Gasteiger partial charge on any atom is 0.191 e. The van der Waals surface area contributed by atoms with Gasteiger partial charge in [0.1, 0.15) is 0 Å². The Bertz CT molecular complexity index is 207. The number of likely N-dealkylation sites (N-methyl/N-ethyl adjacent to an activating group) is 1. The fraction of sp³-hybridized carbons (Fsp3) is 0.917. The first-order valence-electron chi connectivity index (χ1n) is 6.57. The lowest BCUT2D eigenvalue weighted by Crippen LogP contribution is -2.39. The molecule has 4 nitrogen and oxygen atoms in total. The number of nitrogens with zero attached hydrogens (tertiary/aromatic N) is 2. The molecule has 1 saturated carbocycles. The topological polar surface area (TPSA) is 39.7 Å². The quantitative estimate of drug-likeness (QED) is 0.503. The van der Waals surface area contributed by atoms with Crippen LogP contribution in [0.15, 0.2) is 4.99 Å². The van der Waals surface area contributed by atoms with Crippen LogP contribution in [0.3, 0.4) is 0 Å². The fourth-order valence-corrected chi connectivity index (χ4v) is 1.58. The zero-order valence-corrected chi connectivity index (χ0v) is 10.9. The highest BCUT2D eigenvalue weighted by Crippen LogP contribution is 2.18. The molecule has 0 atom stereocenters. The Labute approximate surface area is 99.5 Å². The second-order valence-corrected chi connectivity index (χ2v) is 4.21. The summed E-state index contributed by atoms with van der Waals surface area (Å²) in [7, 11) is 0. The van der Waals surface area contributed by atoms with Crippen molar-refractivity contribution in [3.8, 4) is 0 Å². The molecule has 0 aliphatic heterocycles. The highest BCUT2D eigenvalue weighted by atomic mass is 15.2. The number of aliphatic imine (C=N–C) groups is 1. The lowest BCUT2D eigenvalue weighted by atomic mass is 10.5. The van der Waals surface area contributed by atoms with Crippen LogP contribution in [0.1, 0.15) is 33.6 Å². The zero-order valence-electron chi connectivity index (χ0n) is 10.9. The summed E-state index contributed by atoms with van der Waals surface area (Å²) in [5.74, 6) is 0.983. The Kier molecular flexibility index (Phi) is 6.23. The van der Waals surface area contributed by atoms with Crippen molar-refractivity contribution in [3.63, 3.8) is 0 Å². The molecule has 4 heteroatoms. The van der Waals surface area contributed by atoms with E-state index in [0.29, 0.717) is 6.04 Å². The summed E-state index contributed by atoms with van der Waals surface area (Å²) in [6.45, 7) is 11.6. The van der Waals surface area contributed by atoms with Gasteiger partial charge < -0.3 is 15.5 Å². The number of hydrogen-bond acceptors (Lipinski definition) is 2. The van der Waals surface area contributed by atoms with Crippen molar-refractivity contribution in [2.75, 3.05) is 32.7 Å². The third-order valence-electron chi connectivity index (χ3n) is 2.84. The van der Waals surface area contributed by atoms with Gasteiger partial charge in [0, 0.05) is 19.1 Å². The van der Waals surface area contributed by atoms with Crippen molar-refractivity contribution < 1.29 is 0 Å². The van der Waals surface area contributed by atoms with Crippen molar-refractivity contribution in [2.45, 2.75) is 39.7 Å². The maximum atomic E-state index is 4.58. The molecule has 0 aromatic heterocycles. The average molecular weight is 226 g/mol. The second-order valence-electron chi connectivity index (χ2n) is 4.21. The predicted octanol–water partition coefficient (Wildman–Crippen LogP) is 1.05. The molecule has 0 aromatic carbocycles. The Morgan fingerprint density at radius 3 is 2.44 bits per heavy atom. The number of nitrogens with one attached hydrogen (secondary N) is 2. The standard InChI is InChI=1S/C12H26N4/c1-4-13-12(15-11-7-8-11)14-9-10-16(5-2)6-3/h11H,4-10H2,1-3H3,(H2,13,14,15). The number of guanidine groups is 1. The Morgan fingerprint density at radius 2 is 1.94 bits per heavy atom. The van der Waals surface area contributed by atoms with Crippen LogP contribution >= 0.6 is 0 Å². The van der Waals surface area contributed by atoms with Crippen LogP contribution in [0.4, 0.5) is 0 Å². The normalized spacial score (nSPS) is 16.6. The van der Waals surface area contributed by atoms with Gasteiger partial charge in [-0.15, -0.1) is 0 Å². The molecule has 0 unspecified atom stereocenters. The molecule has 0 amide bonds. The van der Waals surface area contributed by atoms with E-state index >= 15 is 0 Å². The smallest absolute Gasteiger partial charge is 0.191 e. The lowest BCUT2D eigenvalue weighted by Gasteiger charge is -2.17. The SMILES string of the molecule is CCNC(=NCCN(CC)CC)NC1CC1. The lowest BCUT2D eigenvalue weighted by molar-refractivity contribution is 0.313. The summed E-state index contributed by atoms with van der Waals surface area (Å²) in [6.07, 6.45) is 2.58. The van der Waals surface area contributed by atoms with Crippen LogP contribution in [0, 0.1) is 0 Å². The Balaban J connectivity index is 2.25. The third-order valence-corrected chi connectivity index (χ3v) is 2.84. The molecule has 1 fully saturated rings. The summed E-state index contributed by atoms with van der Waals surface area (Å²) >= 11 is 0. The molecular formula is C12H26N4. The summed E-state index contributed by atoms with van der Waals surface area (Å²) in [5.41, 5.74) is 0. The van der Waals surface area contributed by atoms with Gasteiger partial charge in [0.15, 0.2) is 5.96 Å². The van der Waals surface area contributed by atoms with E-state index in [1.807, 2.05) is 0 Å². The molecule has 0 saturated heterocycles. The van der Waals surface area contributed by atoms with Gasteiger partial charge in [0.2, 0.25) is 0 Å². The minimum atomic E-state index is 0.672. The minimum absolute atomic E-state index is 0.672. The Hall–Kier alpha value is -0.770. The average Bonchev–Trinajstić information content (AvgIpc) is 3.08. The number of hydrogen-bond donors (Lipinski definition) is 2. The van der Waals surface area contributed by atoms with E-state index in [-0.39, 0.29) is 0 Å². The minimum Gasteiger partial charge on any atom is -0.357 e. The highest BCUT2D eigenvalue weighted by molar-refractivity contribution is 5.80. The molecule has 0 heterocycles. The fourth-order valence-electron chi connectivity index (χ4n) is 1.58. The first-order chi connectivity index (χ1) is 7.80. The summed E-state index contributed by atoms with van der Waals surface area (Å²) in [6, 6.07) is 0.672. The van der Waals surface area contributed by atoms with E-state index in [2.05, 4.69) is 41.3 Å². The van der Waals surface area contributed by atoms with Gasteiger partial charge >= 0.3 is 0 Å². The molecular weight excluding hydrogens is 200 g/mol. The molecule has 1 aliphatic rings. The van der Waals surface area contributed by atoms with Gasteiger partial charge in [0.25, 0.3) is 0 Å². The largest absolute Gasteiger partial charge is 0.357 e. The van der Waals surface area contributed by atoms with E-state index in [1.54, 1.807) is 0 Å². The van der Waals surface area contributed by atoms with Crippen molar-refractivity contribution in [2.24, 2.45) is 4.99 Å². The van der Waals surface area contributed by atoms with Gasteiger partial charge in [-0.2, -0.15) is 0 Å². The van der Waals surface area contributed by atoms with Gasteiger partial charge in [0.05, 0.1) is 6.54 Å². The predicted molar refractivity (Wildman–Crippen MR) is 69.9 cm³/mol. The molecule has 0 spiro atoms. The van der Waals surface area contributed by atoms with Crippen LogP contribution in [-0.2, 0) is 0 Å². The van der Waals surface area contributed by atoms with Gasteiger partial charge in [-0.25, -0.2) is 0 Å². The maximum absolute atomic E-state index is 4.58. The summed E-state index contributed by atoms with van der Waals surface area (Å²) < 4.78 is 0. The molecule has 0 radical (unpaired) electrons. The van der Waals surface area contributed by atoms with Crippen molar-refractivity contribution in [1.29, 1.82) is 0 Å². The van der Waals surface area contributed by atoms with Crippen LogP contribution in [0.25, 0.3) is 0 Å².